The molecule has 1 atom stereocenters. The van der Waals surface area contributed by atoms with Gasteiger partial charge in [0.2, 0.25) is 0 Å². The van der Waals surface area contributed by atoms with Gasteiger partial charge in [-0.3, -0.25) is 4.79 Å². The second-order valence-corrected chi connectivity index (χ2v) is 6.29. The fourth-order valence-corrected chi connectivity index (χ4v) is 3.02. The lowest BCUT2D eigenvalue weighted by Gasteiger charge is -2.06. The Morgan fingerprint density at radius 2 is 2.10 bits per heavy atom. The van der Waals surface area contributed by atoms with E-state index in [2.05, 4.69) is 22.4 Å². The van der Waals surface area contributed by atoms with Crippen LogP contribution in [0, 0.1) is 6.92 Å². The fourth-order valence-electron chi connectivity index (χ4n) is 2.00. The Hall–Kier alpha value is -1.72. The van der Waals surface area contributed by atoms with Crippen molar-refractivity contribution in [1.29, 1.82) is 0 Å². The molecule has 112 valence electrons. The molecule has 3 N–H and O–H groups in total. The van der Waals surface area contributed by atoms with Crippen LogP contribution in [0.3, 0.4) is 0 Å². The lowest BCUT2D eigenvalue weighted by atomic mass is 10.2. The van der Waals surface area contributed by atoms with E-state index in [1.807, 2.05) is 32.0 Å². The number of nitrogens with two attached hydrogens (primary N) is 1. The number of carbonyl (C=O) groups excluding carboxylic acids is 1. The highest BCUT2D eigenvalue weighted by atomic mass is 32.1. The monoisotopic (exact) mass is 303 g/mol. The van der Waals surface area contributed by atoms with Crippen LogP contribution in [0.1, 0.15) is 39.3 Å². The number of thiazole rings is 1. The molecule has 1 amide bonds. The van der Waals surface area contributed by atoms with E-state index >= 15 is 0 Å². The highest BCUT2D eigenvalue weighted by Crippen LogP contribution is 2.20. The van der Waals surface area contributed by atoms with Crippen LogP contribution >= 0.6 is 11.3 Å². The van der Waals surface area contributed by atoms with Gasteiger partial charge in [-0.1, -0.05) is 30.3 Å². The fraction of sp³-hybridized carbons (Fsp3) is 0.375. The summed E-state index contributed by atoms with van der Waals surface area (Å²) >= 11 is 1.47. The second-order valence-electron chi connectivity index (χ2n) is 5.21. The molecule has 0 aliphatic rings. The summed E-state index contributed by atoms with van der Waals surface area (Å²) in [4.78, 5) is 17.3. The number of carbonyl (C=O) groups is 1. The molecular weight excluding hydrogens is 282 g/mol. The first kappa shape index (κ1) is 15.7. The Balaban J connectivity index is 2.00. The van der Waals surface area contributed by atoms with Crippen molar-refractivity contribution >= 4 is 17.2 Å². The van der Waals surface area contributed by atoms with E-state index in [9.17, 15) is 4.79 Å². The van der Waals surface area contributed by atoms with Gasteiger partial charge in [0.05, 0.1) is 10.7 Å². The molecule has 1 aromatic heterocycles. The Kier molecular flexibility index (Phi) is 5.47. The smallest absolute Gasteiger partial charge is 0.263 e. The van der Waals surface area contributed by atoms with Crippen LogP contribution in [0.25, 0.3) is 0 Å². The molecular formula is C16H21N3OS. The Morgan fingerprint density at radius 3 is 2.76 bits per heavy atom. The molecule has 0 aliphatic carbocycles. The zero-order chi connectivity index (χ0) is 15.2. The standard InChI is InChI=1S/C16H21N3OS/c1-11(17)8-9-18-16(20)15-12(2)19-14(21-15)10-13-6-4-3-5-7-13/h3-7,11H,8-10,17H2,1-2H3,(H,18,20). The van der Waals surface area contributed by atoms with E-state index in [0.717, 1.165) is 23.5 Å². The lowest BCUT2D eigenvalue weighted by Crippen LogP contribution is -2.28. The molecule has 0 aliphatic heterocycles. The topological polar surface area (TPSA) is 68.0 Å². The van der Waals surface area contributed by atoms with Gasteiger partial charge in [0.1, 0.15) is 4.88 Å². The number of hydrogen-bond acceptors (Lipinski definition) is 4. The molecule has 2 rings (SSSR count). The van der Waals surface area contributed by atoms with Crippen LogP contribution in [-0.2, 0) is 6.42 Å². The van der Waals surface area contributed by atoms with Gasteiger partial charge in [-0.15, -0.1) is 11.3 Å². The normalized spacial score (nSPS) is 12.1. The number of rotatable bonds is 6. The summed E-state index contributed by atoms with van der Waals surface area (Å²) in [5.74, 6) is -0.0510. The second kappa shape index (κ2) is 7.33. The van der Waals surface area contributed by atoms with Crippen molar-refractivity contribution in [2.75, 3.05) is 6.54 Å². The van der Waals surface area contributed by atoms with Crippen LogP contribution in [0.2, 0.25) is 0 Å². The summed E-state index contributed by atoms with van der Waals surface area (Å²) in [6.45, 7) is 4.41. The molecule has 0 saturated carbocycles. The third kappa shape index (κ3) is 4.65. The quantitative estimate of drug-likeness (QED) is 0.861. The van der Waals surface area contributed by atoms with Crippen molar-refractivity contribution < 1.29 is 4.79 Å². The average molecular weight is 303 g/mol. The Labute approximate surface area is 129 Å². The molecule has 5 heteroatoms. The Morgan fingerprint density at radius 1 is 1.38 bits per heavy atom. The Bertz CT molecular complexity index is 593. The van der Waals surface area contributed by atoms with Gasteiger partial charge < -0.3 is 11.1 Å². The summed E-state index contributed by atoms with van der Waals surface area (Å²) in [5, 5.41) is 3.87. The van der Waals surface area contributed by atoms with Crippen molar-refractivity contribution in [2.24, 2.45) is 5.73 Å². The van der Waals surface area contributed by atoms with E-state index in [1.165, 1.54) is 16.9 Å². The molecule has 21 heavy (non-hydrogen) atoms. The maximum atomic E-state index is 12.1. The van der Waals surface area contributed by atoms with E-state index in [4.69, 9.17) is 5.73 Å². The first-order valence-corrected chi connectivity index (χ1v) is 7.92. The molecule has 0 spiro atoms. The van der Waals surface area contributed by atoms with E-state index in [-0.39, 0.29) is 11.9 Å². The molecule has 0 radical (unpaired) electrons. The van der Waals surface area contributed by atoms with E-state index in [0.29, 0.717) is 11.4 Å². The molecule has 1 unspecified atom stereocenters. The number of amides is 1. The largest absolute Gasteiger partial charge is 0.351 e. The van der Waals surface area contributed by atoms with Crippen LogP contribution < -0.4 is 11.1 Å². The van der Waals surface area contributed by atoms with Gasteiger partial charge in [-0.2, -0.15) is 0 Å². The van der Waals surface area contributed by atoms with Crippen molar-refractivity contribution in [3.8, 4) is 0 Å². The van der Waals surface area contributed by atoms with Crippen LogP contribution in [0.4, 0.5) is 0 Å². The number of aryl methyl sites for hydroxylation is 1. The average Bonchev–Trinajstić information content (AvgIpc) is 2.80. The number of hydrogen-bond donors (Lipinski definition) is 2. The minimum Gasteiger partial charge on any atom is -0.351 e. The van der Waals surface area contributed by atoms with Gasteiger partial charge in [-0.25, -0.2) is 4.98 Å². The van der Waals surface area contributed by atoms with Gasteiger partial charge in [0, 0.05) is 19.0 Å². The zero-order valence-electron chi connectivity index (χ0n) is 12.4. The molecule has 0 bridgehead atoms. The van der Waals surface area contributed by atoms with Crippen molar-refractivity contribution in [3.05, 3.63) is 51.5 Å². The molecule has 1 heterocycles. The van der Waals surface area contributed by atoms with Crippen molar-refractivity contribution in [1.82, 2.24) is 10.3 Å². The van der Waals surface area contributed by atoms with E-state index < -0.39 is 0 Å². The number of aromatic nitrogens is 1. The van der Waals surface area contributed by atoms with Crippen LogP contribution in [0.15, 0.2) is 30.3 Å². The van der Waals surface area contributed by atoms with E-state index in [1.54, 1.807) is 0 Å². The predicted octanol–water partition coefficient (Wildman–Crippen LogP) is 2.51. The molecule has 0 saturated heterocycles. The van der Waals surface area contributed by atoms with Gasteiger partial charge >= 0.3 is 0 Å². The van der Waals surface area contributed by atoms with Crippen LogP contribution in [-0.4, -0.2) is 23.5 Å². The summed E-state index contributed by atoms with van der Waals surface area (Å²) in [6.07, 6.45) is 1.54. The minimum absolute atomic E-state index is 0.0510. The van der Waals surface area contributed by atoms with Crippen molar-refractivity contribution in [3.63, 3.8) is 0 Å². The van der Waals surface area contributed by atoms with Gasteiger partial charge in [0.15, 0.2) is 0 Å². The number of benzene rings is 1. The summed E-state index contributed by atoms with van der Waals surface area (Å²) in [7, 11) is 0. The molecule has 2 aromatic rings. The van der Waals surface area contributed by atoms with Crippen LogP contribution in [0.5, 0.6) is 0 Å². The third-order valence-electron chi connectivity index (χ3n) is 3.13. The summed E-state index contributed by atoms with van der Waals surface area (Å²) in [6, 6.07) is 10.3. The van der Waals surface area contributed by atoms with Gasteiger partial charge in [0.25, 0.3) is 5.91 Å². The predicted molar refractivity (Wildman–Crippen MR) is 86.7 cm³/mol. The number of nitrogens with one attached hydrogen (secondary N) is 1. The first-order chi connectivity index (χ1) is 10.1. The first-order valence-electron chi connectivity index (χ1n) is 7.10. The maximum Gasteiger partial charge on any atom is 0.263 e. The summed E-state index contributed by atoms with van der Waals surface area (Å²) in [5.41, 5.74) is 7.68. The lowest BCUT2D eigenvalue weighted by molar-refractivity contribution is 0.0956. The molecule has 4 nitrogen and oxygen atoms in total. The third-order valence-corrected chi connectivity index (χ3v) is 4.29. The molecule has 0 fully saturated rings. The zero-order valence-corrected chi connectivity index (χ0v) is 13.2. The highest BCUT2D eigenvalue weighted by molar-refractivity contribution is 7.13. The SMILES string of the molecule is Cc1nc(Cc2ccccc2)sc1C(=O)NCCC(C)N. The maximum absolute atomic E-state index is 12.1. The minimum atomic E-state index is -0.0510. The highest BCUT2D eigenvalue weighted by Gasteiger charge is 2.15. The summed E-state index contributed by atoms with van der Waals surface area (Å²) < 4.78 is 0. The number of nitrogens with zero attached hydrogens (tertiary/aromatic N) is 1. The van der Waals surface area contributed by atoms with Gasteiger partial charge in [-0.05, 0) is 25.8 Å². The molecule has 1 aromatic carbocycles. The van der Waals surface area contributed by atoms with Crippen molar-refractivity contribution in [2.45, 2.75) is 32.7 Å².